The average Bonchev–Trinajstić information content (AvgIpc) is 3.50. The Hall–Kier alpha value is -3.60. The number of aliphatic carboxylic acids is 1. The average molecular weight is 703 g/mol. The van der Waals surface area contributed by atoms with Gasteiger partial charge in [0, 0.05) is 31.5 Å². The molecule has 2 aromatic heterocycles. The molecule has 4 aromatic rings. The minimum atomic E-state index is -0.841. The zero-order valence-electron chi connectivity index (χ0n) is 30.8. The van der Waals surface area contributed by atoms with Crippen molar-refractivity contribution in [2.24, 2.45) is 0 Å². The number of ether oxygens (including phenoxy) is 2. The second kappa shape index (κ2) is 16.2. The van der Waals surface area contributed by atoms with Gasteiger partial charge in [-0.2, -0.15) is 0 Å². The molecule has 0 saturated carbocycles. The van der Waals surface area contributed by atoms with Crippen molar-refractivity contribution in [1.82, 2.24) is 15.0 Å². The van der Waals surface area contributed by atoms with Gasteiger partial charge in [-0.25, -0.2) is 15.0 Å². The highest BCUT2D eigenvalue weighted by atomic mass is 32.1. The van der Waals surface area contributed by atoms with Gasteiger partial charge in [-0.3, -0.25) is 4.79 Å². The van der Waals surface area contributed by atoms with Crippen LogP contribution in [-0.4, -0.2) is 68.6 Å². The molecule has 4 aliphatic heterocycles. The molecule has 8 bridgehead atoms. The first-order valence-electron chi connectivity index (χ1n) is 18.2. The van der Waals surface area contributed by atoms with E-state index in [1.807, 2.05) is 39.1 Å². The van der Waals surface area contributed by atoms with Crippen molar-refractivity contribution in [3.8, 4) is 27.6 Å². The van der Waals surface area contributed by atoms with Gasteiger partial charge < -0.3 is 24.6 Å². The van der Waals surface area contributed by atoms with Crippen molar-refractivity contribution < 1.29 is 24.5 Å². The number of hydrogen-bond donors (Lipinski definition) is 2. The highest BCUT2D eigenvalue weighted by Gasteiger charge is 2.32. The Morgan fingerprint density at radius 2 is 1.78 bits per heavy atom. The number of aliphatic hydroxyl groups is 1. The summed E-state index contributed by atoms with van der Waals surface area (Å²) < 4.78 is 13.5. The molecule has 0 radical (unpaired) electrons. The Morgan fingerprint density at radius 1 is 1.04 bits per heavy atom. The van der Waals surface area contributed by atoms with Gasteiger partial charge in [-0.05, 0) is 119 Å². The summed E-state index contributed by atoms with van der Waals surface area (Å²) in [7, 11) is 0. The Kier molecular flexibility index (Phi) is 12.2. The number of rotatable bonds is 2. The molecule has 2 N–H and O–H groups in total. The van der Waals surface area contributed by atoms with Gasteiger partial charge >= 0.3 is 5.97 Å². The smallest absolute Gasteiger partial charge is 0.307 e. The zero-order valence-corrected chi connectivity index (χ0v) is 31.7. The first-order chi connectivity index (χ1) is 23.9. The van der Waals surface area contributed by atoms with Crippen LogP contribution in [0.25, 0.3) is 32.0 Å². The molecule has 1 fully saturated rings. The third kappa shape index (κ3) is 9.19. The molecule has 6 heterocycles. The zero-order chi connectivity index (χ0) is 36.1. The molecule has 4 aliphatic rings. The molecule has 9 nitrogen and oxygen atoms in total. The van der Waals surface area contributed by atoms with Crippen LogP contribution in [-0.2, 0) is 16.0 Å². The van der Waals surface area contributed by atoms with E-state index in [4.69, 9.17) is 24.5 Å². The molecule has 10 heteroatoms. The van der Waals surface area contributed by atoms with E-state index in [0.717, 1.165) is 120 Å². The molecule has 0 spiro atoms. The van der Waals surface area contributed by atoms with E-state index >= 15 is 0 Å². The summed E-state index contributed by atoms with van der Waals surface area (Å²) in [5.74, 6) is 1.24. The lowest BCUT2D eigenvalue weighted by atomic mass is 9.85. The molecule has 8 rings (SSSR count). The van der Waals surface area contributed by atoms with Gasteiger partial charge in [-0.15, -0.1) is 11.3 Å². The Morgan fingerprint density at radius 3 is 2.50 bits per heavy atom. The van der Waals surface area contributed by atoms with Crippen LogP contribution in [0.4, 0.5) is 5.95 Å². The lowest BCUT2D eigenvalue weighted by molar-refractivity contribution is -0.136. The summed E-state index contributed by atoms with van der Waals surface area (Å²) in [5, 5.41) is 19.2. The van der Waals surface area contributed by atoms with Gasteiger partial charge in [0.15, 0.2) is 0 Å². The van der Waals surface area contributed by atoms with Gasteiger partial charge in [0.05, 0.1) is 34.4 Å². The minimum absolute atomic E-state index is 0.0467. The molecular formula is C40H54N4O5S. The quantitative estimate of drug-likeness (QED) is 0.211. The number of benzene rings is 2. The van der Waals surface area contributed by atoms with E-state index in [2.05, 4.69) is 35.0 Å². The maximum atomic E-state index is 12.1. The molecule has 1 saturated heterocycles. The van der Waals surface area contributed by atoms with Crippen LogP contribution in [0.3, 0.4) is 0 Å². The van der Waals surface area contributed by atoms with Gasteiger partial charge in [0.2, 0.25) is 5.95 Å². The van der Waals surface area contributed by atoms with Crippen LogP contribution >= 0.6 is 11.3 Å². The number of thiazole rings is 1. The summed E-state index contributed by atoms with van der Waals surface area (Å²) in [6.07, 6.45) is 9.10. The molecule has 270 valence electrons. The van der Waals surface area contributed by atoms with E-state index in [0.29, 0.717) is 11.9 Å². The second-order valence-corrected chi connectivity index (χ2v) is 15.6. The van der Waals surface area contributed by atoms with Crippen molar-refractivity contribution in [3.63, 3.8) is 0 Å². The fourth-order valence-electron chi connectivity index (χ4n) is 6.88. The predicted molar refractivity (Wildman–Crippen MR) is 203 cm³/mol. The molecule has 2 aromatic carbocycles. The van der Waals surface area contributed by atoms with Crippen LogP contribution in [0.15, 0.2) is 36.5 Å². The number of piperidine rings is 1. The summed E-state index contributed by atoms with van der Waals surface area (Å²) in [4.78, 5) is 29.0. The normalized spacial score (nSPS) is 20.5. The van der Waals surface area contributed by atoms with E-state index in [1.165, 1.54) is 5.56 Å². The number of anilines is 1. The van der Waals surface area contributed by atoms with Crippen LogP contribution in [0.1, 0.15) is 109 Å². The number of hydrogen-bond acceptors (Lipinski definition) is 9. The van der Waals surface area contributed by atoms with E-state index < -0.39 is 11.6 Å². The number of carbonyl (C=O) groups is 1. The summed E-state index contributed by atoms with van der Waals surface area (Å²) >= 11 is 1.58. The third-order valence-electron chi connectivity index (χ3n) is 9.42. The lowest BCUT2D eigenvalue weighted by Gasteiger charge is -2.39. The highest BCUT2D eigenvalue weighted by molar-refractivity contribution is 7.22. The van der Waals surface area contributed by atoms with Crippen LogP contribution < -0.4 is 9.64 Å². The molecule has 1 atom stereocenters. The number of carboxylic acids is 1. The topological polar surface area (TPSA) is 118 Å². The summed E-state index contributed by atoms with van der Waals surface area (Å²) in [5.41, 5.74) is 6.01. The van der Waals surface area contributed by atoms with Gasteiger partial charge in [0.25, 0.3) is 0 Å². The fourth-order valence-corrected chi connectivity index (χ4v) is 7.99. The maximum absolute atomic E-state index is 12.1. The Labute approximate surface area is 301 Å². The third-order valence-corrected chi connectivity index (χ3v) is 10.5. The maximum Gasteiger partial charge on any atom is 0.307 e. The lowest BCUT2D eigenvalue weighted by Crippen LogP contribution is -2.45. The molecule has 0 amide bonds. The van der Waals surface area contributed by atoms with Crippen molar-refractivity contribution in [2.45, 2.75) is 117 Å². The number of aryl methyl sites for hydroxylation is 1. The number of fused-ring (bicyclic) bond motifs is 7. The van der Waals surface area contributed by atoms with Crippen LogP contribution in [0.5, 0.6) is 5.75 Å². The standard InChI is InChI=1S/C34H38N4O4S.C4H10O.C2H6/c1-21-18-27-31-30(24(21)20-29(39)40)23-7-8-28-25(19-23)22(10-17-41-28)6-4-3-5-16-42-34(2)11-14-38(15-12-34)33-35-13-9-26(37-33)32(36-27)43-31;1-4(2,3)5;1-2/h7-9,13,18-19,22H,3-6,10-12,14-17,20H2,1-2H3,(H,39,40);5H,1-3H3;1-2H3. The second-order valence-electron chi connectivity index (χ2n) is 14.6. The van der Waals surface area contributed by atoms with Crippen LogP contribution in [0, 0.1) is 6.92 Å². The van der Waals surface area contributed by atoms with Gasteiger partial charge in [0.1, 0.15) is 16.5 Å². The number of nitrogens with zero attached hydrogens (tertiary/aromatic N) is 4. The summed E-state index contributed by atoms with van der Waals surface area (Å²) in [6.45, 7) is 16.7. The first kappa shape index (κ1) is 37.7. The van der Waals surface area contributed by atoms with E-state index in [1.54, 1.807) is 32.1 Å². The molecule has 0 aliphatic carbocycles. The van der Waals surface area contributed by atoms with E-state index in [9.17, 15) is 9.90 Å². The summed E-state index contributed by atoms with van der Waals surface area (Å²) in [6, 6.07) is 10.3. The largest absolute Gasteiger partial charge is 0.493 e. The van der Waals surface area contributed by atoms with Crippen molar-refractivity contribution in [1.29, 1.82) is 0 Å². The van der Waals surface area contributed by atoms with Crippen LogP contribution in [0.2, 0.25) is 0 Å². The Bertz CT molecular complexity index is 1770. The Balaban J connectivity index is 0.000000640. The predicted octanol–water partition coefficient (Wildman–Crippen LogP) is 8.97. The SMILES string of the molecule is CC.CC(C)(C)O.Cc1cc2nc3sc2c(c1CC(=O)O)-c1ccc2c(c1)C(CCCCCOC1(C)CCN(CC1)c1nccc-3n1)CCO2. The van der Waals surface area contributed by atoms with E-state index in [-0.39, 0.29) is 12.0 Å². The molecular weight excluding hydrogens is 649 g/mol. The number of aromatic nitrogens is 3. The van der Waals surface area contributed by atoms with Gasteiger partial charge in [-0.1, -0.05) is 32.8 Å². The molecule has 50 heavy (non-hydrogen) atoms. The number of carboxylic acid groups (broad SMARTS) is 1. The van der Waals surface area contributed by atoms with Crippen molar-refractivity contribution in [2.75, 3.05) is 31.2 Å². The monoisotopic (exact) mass is 702 g/mol. The van der Waals surface area contributed by atoms with Crippen molar-refractivity contribution >= 4 is 33.5 Å². The van der Waals surface area contributed by atoms with Crippen molar-refractivity contribution in [3.05, 3.63) is 53.2 Å². The molecule has 1 unspecified atom stereocenters. The minimum Gasteiger partial charge on any atom is -0.493 e. The highest BCUT2D eigenvalue weighted by Crippen LogP contribution is 2.44. The fraction of sp³-hybridized carbons (Fsp3) is 0.550. The first-order valence-corrected chi connectivity index (χ1v) is 19.1.